The minimum absolute atomic E-state index is 0.205. The molecular formula is C15H20FN3. The largest absolute Gasteiger partial charge is 0.324 e. The van der Waals surface area contributed by atoms with Gasteiger partial charge in [0.15, 0.2) is 0 Å². The molecule has 1 aliphatic carbocycles. The summed E-state index contributed by atoms with van der Waals surface area (Å²) in [4.78, 5) is 4.65. The van der Waals surface area contributed by atoms with Gasteiger partial charge < -0.3 is 9.88 Å². The van der Waals surface area contributed by atoms with Gasteiger partial charge in [0.05, 0.1) is 17.1 Å². The van der Waals surface area contributed by atoms with Gasteiger partial charge in [-0.2, -0.15) is 0 Å². The third kappa shape index (κ3) is 2.37. The maximum Gasteiger partial charge on any atom is 0.127 e. The Bertz CT molecular complexity index is 586. The molecule has 1 aliphatic rings. The van der Waals surface area contributed by atoms with Crippen LogP contribution in [-0.4, -0.2) is 16.1 Å². The molecule has 0 saturated heterocycles. The monoisotopic (exact) mass is 261 g/mol. The van der Waals surface area contributed by atoms with Gasteiger partial charge in [0.2, 0.25) is 0 Å². The van der Waals surface area contributed by atoms with Crippen molar-refractivity contribution in [2.24, 2.45) is 0 Å². The predicted molar refractivity (Wildman–Crippen MR) is 74.7 cm³/mol. The summed E-state index contributed by atoms with van der Waals surface area (Å²) in [5, 5.41) is 3.47. The van der Waals surface area contributed by atoms with Crippen molar-refractivity contribution in [2.75, 3.05) is 6.54 Å². The van der Waals surface area contributed by atoms with Crippen molar-refractivity contribution in [2.45, 2.75) is 45.2 Å². The Labute approximate surface area is 112 Å². The number of hydrogen-bond acceptors (Lipinski definition) is 2. The molecule has 3 rings (SSSR count). The quantitative estimate of drug-likeness (QED) is 0.891. The molecule has 0 spiro atoms. The fourth-order valence-electron chi connectivity index (χ4n) is 2.56. The van der Waals surface area contributed by atoms with E-state index in [0.717, 1.165) is 29.8 Å². The van der Waals surface area contributed by atoms with Crippen LogP contribution in [0.25, 0.3) is 11.0 Å². The highest BCUT2D eigenvalue weighted by atomic mass is 19.1. The average Bonchev–Trinajstić information content (AvgIpc) is 3.16. The molecule has 19 heavy (non-hydrogen) atoms. The highest BCUT2D eigenvalue weighted by molar-refractivity contribution is 5.76. The van der Waals surface area contributed by atoms with E-state index in [1.165, 1.54) is 25.0 Å². The molecule has 1 unspecified atom stereocenters. The van der Waals surface area contributed by atoms with Crippen molar-refractivity contribution in [1.29, 1.82) is 0 Å². The maximum atomic E-state index is 13.3. The normalized spacial score (nSPS) is 17.0. The van der Waals surface area contributed by atoms with Crippen molar-refractivity contribution < 1.29 is 4.39 Å². The molecule has 1 saturated carbocycles. The van der Waals surface area contributed by atoms with Gasteiger partial charge in [-0.25, -0.2) is 9.37 Å². The van der Waals surface area contributed by atoms with E-state index in [1.54, 1.807) is 0 Å². The van der Waals surface area contributed by atoms with Crippen molar-refractivity contribution in [3.63, 3.8) is 0 Å². The zero-order chi connectivity index (χ0) is 13.4. The van der Waals surface area contributed by atoms with Gasteiger partial charge in [-0.15, -0.1) is 0 Å². The Morgan fingerprint density at radius 2 is 2.26 bits per heavy atom. The third-order valence-corrected chi connectivity index (χ3v) is 3.68. The number of nitrogens with zero attached hydrogens (tertiary/aromatic N) is 2. The first kappa shape index (κ1) is 12.6. The Hall–Kier alpha value is -1.42. The average molecular weight is 261 g/mol. The molecule has 1 aromatic carbocycles. The van der Waals surface area contributed by atoms with Crippen LogP contribution in [0.3, 0.4) is 0 Å². The summed E-state index contributed by atoms with van der Waals surface area (Å²) >= 11 is 0. The molecule has 4 heteroatoms. The fraction of sp³-hybridized carbons (Fsp3) is 0.533. The highest BCUT2D eigenvalue weighted by Crippen LogP contribution is 2.39. The first-order chi connectivity index (χ1) is 9.20. The lowest BCUT2D eigenvalue weighted by Crippen LogP contribution is -2.22. The van der Waals surface area contributed by atoms with Crippen LogP contribution >= 0.6 is 0 Å². The number of nitrogens with one attached hydrogen (secondary N) is 1. The Morgan fingerprint density at radius 1 is 1.47 bits per heavy atom. The summed E-state index contributed by atoms with van der Waals surface area (Å²) in [6.07, 6.45) is 3.51. The molecule has 102 valence electrons. The van der Waals surface area contributed by atoms with Gasteiger partial charge in [0, 0.05) is 12.1 Å². The number of aromatic nitrogens is 2. The van der Waals surface area contributed by atoms with Crippen molar-refractivity contribution >= 4 is 11.0 Å². The number of imidazole rings is 1. The zero-order valence-corrected chi connectivity index (χ0v) is 11.5. The van der Waals surface area contributed by atoms with Crippen LogP contribution in [0, 0.1) is 5.82 Å². The van der Waals surface area contributed by atoms with E-state index in [4.69, 9.17) is 0 Å². The van der Waals surface area contributed by atoms with E-state index < -0.39 is 0 Å². The summed E-state index contributed by atoms with van der Waals surface area (Å²) < 4.78 is 15.6. The Morgan fingerprint density at radius 3 is 2.95 bits per heavy atom. The summed E-state index contributed by atoms with van der Waals surface area (Å²) in [5.74, 6) is 0.824. The molecule has 1 atom stereocenters. The molecule has 1 N–H and O–H groups in total. The number of fused-ring (bicyclic) bond motifs is 1. The van der Waals surface area contributed by atoms with E-state index in [1.807, 2.05) is 6.07 Å². The van der Waals surface area contributed by atoms with Crippen LogP contribution in [-0.2, 0) is 0 Å². The zero-order valence-electron chi connectivity index (χ0n) is 11.5. The predicted octanol–water partition coefficient (Wildman–Crippen LogP) is 3.57. The smallest absolute Gasteiger partial charge is 0.127 e. The molecule has 1 fully saturated rings. The lowest BCUT2D eigenvalue weighted by molar-refractivity contribution is 0.518. The SMILES string of the molecule is CCCNC(C)c1nc2cc(F)ccc2n1C1CC1. The van der Waals surface area contributed by atoms with Crippen molar-refractivity contribution in [3.8, 4) is 0 Å². The van der Waals surface area contributed by atoms with Gasteiger partial charge in [-0.3, -0.25) is 0 Å². The Balaban J connectivity index is 2.04. The molecule has 1 aromatic heterocycles. The molecule has 0 amide bonds. The summed E-state index contributed by atoms with van der Waals surface area (Å²) in [7, 11) is 0. The summed E-state index contributed by atoms with van der Waals surface area (Å²) in [6.45, 7) is 5.26. The fourth-order valence-corrected chi connectivity index (χ4v) is 2.56. The van der Waals surface area contributed by atoms with E-state index in [2.05, 4.69) is 28.7 Å². The second kappa shape index (κ2) is 4.93. The lowest BCUT2D eigenvalue weighted by Gasteiger charge is -2.15. The highest BCUT2D eigenvalue weighted by Gasteiger charge is 2.29. The number of hydrogen-bond donors (Lipinski definition) is 1. The first-order valence-corrected chi connectivity index (χ1v) is 7.11. The van der Waals surface area contributed by atoms with Gasteiger partial charge in [0.25, 0.3) is 0 Å². The summed E-state index contributed by atoms with van der Waals surface area (Å²) in [6, 6.07) is 5.67. The summed E-state index contributed by atoms with van der Waals surface area (Å²) in [5.41, 5.74) is 1.83. The van der Waals surface area contributed by atoms with Gasteiger partial charge in [0.1, 0.15) is 11.6 Å². The molecule has 3 nitrogen and oxygen atoms in total. The standard InChI is InChI=1S/C15H20FN3/c1-3-8-17-10(2)15-18-13-9-11(16)4-7-14(13)19(15)12-5-6-12/h4,7,9-10,12,17H,3,5-6,8H2,1-2H3. The van der Waals surface area contributed by atoms with Crippen molar-refractivity contribution in [1.82, 2.24) is 14.9 Å². The van der Waals surface area contributed by atoms with Crippen LogP contribution in [0.2, 0.25) is 0 Å². The van der Waals surface area contributed by atoms with Gasteiger partial charge >= 0.3 is 0 Å². The number of rotatable bonds is 5. The molecular weight excluding hydrogens is 241 g/mol. The van der Waals surface area contributed by atoms with Crippen LogP contribution in [0.15, 0.2) is 18.2 Å². The van der Waals surface area contributed by atoms with Crippen LogP contribution in [0.4, 0.5) is 4.39 Å². The van der Waals surface area contributed by atoms with Crippen LogP contribution in [0.1, 0.15) is 51.0 Å². The van der Waals surface area contributed by atoms with E-state index in [-0.39, 0.29) is 11.9 Å². The molecule has 0 aliphatic heterocycles. The Kier molecular flexibility index (Phi) is 3.27. The van der Waals surface area contributed by atoms with Crippen molar-refractivity contribution in [3.05, 3.63) is 29.8 Å². The molecule has 0 radical (unpaired) electrons. The third-order valence-electron chi connectivity index (χ3n) is 3.68. The van der Waals surface area contributed by atoms with Gasteiger partial charge in [-0.1, -0.05) is 6.92 Å². The second-order valence-corrected chi connectivity index (χ2v) is 5.38. The first-order valence-electron chi connectivity index (χ1n) is 7.11. The van der Waals surface area contributed by atoms with E-state index >= 15 is 0 Å². The molecule has 0 bridgehead atoms. The molecule has 2 aromatic rings. The van der Waals surface area contributed by atoms with Crippen LogP contribution in [0.5, 0.6) is 0 Å². The molecule has 1 heterocycles. The minimum atomic E-state index is -0.214. The maximum absolute atomic E-state index is 13.3. The lowest BCUT2D eigenvalue weighted by atomic mass is 10.3. The second-order valence-electron chi connectivity index (χ2n) is 5.38. The van der Waals surface area contributed by atoms with Gasteiger partial charge in [-0.05, 0) is 44.9 Å². The van der Waals surface area contributed by atoms with E-state index in [9.17, 15) is 4.39 Å². The van der Waals surface area contributed by atoms with E-state index in [0.29, 0.717) is 6.04 Å². The minimum Gasteiger partial charge on any atom is -0.324 e. The number of halogens is 1. The van der Waals surface area contributed by atoms with Crippen LogP contribution < -0.4 is 5.32 Å². The topological polar surface area (TPSA) is 29.9 Å². The number of benzene rings is 1.